The van der Waals surface area contributed by atoms with Crippen LogP contribution in [0.5, 0.6) is 17.2 Å². The van der Waals surface area contributed by atoms with Gasteiger partial charge in [0, 0.05) is 10.5 Å². The Balaban J connectivity index is 2.06. The van der Waals surface area contributed by atoms with E-state index in [0.29, 0.717) is 0 Å². The van der Waals surface area contributed by atoms with Gasteiger partial charge >= 0.3 is 0 Å². The van der Waals surface area contributed by atoms with E-state index in [2.05, 4.69) is 22.9 Å². The van der Waals surface area contributed by atoms with Crippen LogP contribution in [0.3, 0.4) is 0 Å². The lowest BCUT2D eigenvalue weighted by Gasteiger charge is -2.11. The van der Waals surface area contributed by atoms with Crippen molar-refractivity contribution in [1.82, 2.24) is 0 Å². The number of hydrogen-bond donors (Lipinski definition) is 1. The molecule has 0 radical (unpaired) electrons. The standard InChI is InChI=1S/C17H20BrNO2/c1-3-10-20-13-4-6-14(7-5-13)21-15-8-9-16(12(2)19)17(18)11-15/h4-9,11-12H,3,10,19H2,1-2H3/t12-/m0/s1. The minimum Gasteiger partial charge on any atom is -0.494 e. The second-order valence-corrected chi connectivity index (χ2v) is 5.75. The second-order valence-electron chi connectivity index (χ2n) is 4.89. The van der Waals surface area contributed by atoms with Crippen molar-refractivity contribution < 1.29 is 9.47 Å². The Morgan fingerprint density at radius 3 is 2.24 bits per heavy atom. The molecule has 21 heavy (non-hydrogen) atoms. The summed E-state index contributed by atoms with van der Waals surface area (Å²) < 4.78 is 12.3. The van der Waals surface area contributed by atoms with E-state index in [1.807, 2.05) is 49.4 Å². The van der Waals surface area contributed by atoms with Crippen LogP contribution in [0.4, 0.5) is 0 Å². The number of ether oxygens (including phenoxy) is 2. The van der Waals surface area contributed by atoms with E-state index in [0.717, 1.165) is 40.3 Å². The van der Waals surface area contributed by atoms with Gasteiger partial charge in [0.15, 0.2) is 0 Å². The molecule has 1 atom stereocenters. The van der Waals surface area contributed by atoms with Gasteiger partial charge in [-0.15, -0.1) is 0 Å². The van der Waals surface area contributed by atoms with E-state index < -0.39 is 0 Å². The van der Waals surface area contributed by atoms with Crippen LogP contribution in [0.2, 0.25) is 0 Å². The average molecular weight is 350 g/mol. The highest BCUT2D eigenvalue weighted by molar-refractivity contribution is 9.10. The molecule has 4 heteroatoms. The van der Waals surface area contributed by atoms with E-state index in [-0.39, 0.29) is 6.04 Å². The second kappa shape index (κ2) is 7.48. The molecule has 0 unspecified atom stereocenters. The molecule has 0 aliphatic rings. The minimum atomic E-state index is -0.0107. The van der Waals surface area contributed by atoms with Gasteiger partial charge in [-0.3, -0.25) is 0 Å². The van der Waals surface area contributed by atoms with Gasteiger partial charge in [-0.1, -0.05) is 28.9 Å². The third-order valence-electron chi connectivity index (χ3n) is 2.99. The third-order valence-corrected chi connectivity index (χ3v) is 3.68. The fourth-order valence-corrected chi connectivity index (χ4v) is 2.62. The maximum Gasteiger partial charge on any atom is 0.128 e. The monoisotopic (exact) mass is 349 g/mol. The number of hydrogen-bond acceptors (Lipinski definition) is 3. The van der Waals surface area contributed by atoms with Gasteiger partial charge in [-0.2, -0.15) is 0 Å². The zero-order chi connectivity index (χ0) is 15.2. The summed E-state index contributed by atoms with van der Waals surface area (Å²) in [6, 6.07) is 13.4. The van der Waals surface area contributed by atoms with E-state index in [1.165, 1.54) is 0 Å². The molecule has 0 heterocycles. The molecular weight excluding hydrogens is 330 g/mol. The molecule has 0 aliphatic heterocycles. The largest absolute Gasteiger partial charge is 0.494 e. The SMILES string of the molecule is CCCOc1ccc(Oc2ccc([C@H](C)N)c(Br)c2)cc1. The van der Waals surface area contributed by atoms with Crippen molar-refractivity contribution >= 4 is 15.9 Å². The van der Waals surface area contributed by atoms with Crippen molar-refractivity contribution in [3.63, 3.8) is 0 Å². The van der Waals surface area contributed by atoms with Gasteiger partial charge in [-0.05, 0) is 55.3 Å². The van der Waals surface area contributed by atoms with E-state index in [1.54, 1.807) is 0 Å². The van der Waals surface area contributed by atoms with Gasteiger partial charge in [0.2, 0.25) is 0 Å². The van der Waals surface area contributed by atoms with E-state index >= 15 is 0 Å². The van der Waals surface area contributed by atoms with E-state index in [4.69, 9.17) is 15.2 Å². The Morgan fingerprint density at radius 2 is 1.67 bits per heavy atom. The molecule has 0 saturated heterocycles. The van der Waals surface area contributed by atoms with Crippen LogP contribution in [0.1, 0.15) is 31.9 Å². The molecule has 0 amide bonds. The highest BCUT2D eigenvalue weighted by Gasteiger charge is 2.07. The fraction of sp³-hybridized carbons (Fsp3) is 0.294. The van der Waals surface area contributed by atoms with Gasteiger partial charge < -0.3 is 15.2 Å². The lowest BCUT2D eigenvalue weighted by atomic mass is 10.1. The molecule has 2 aromatic carbocycles. The van der Waals surface area contributed by atoms with Crippen molar-refractivity contribution in [1.29, 1.82) is 0 Å². The van der Waals surface area contributed by atoms with Gasteiger partial charge in [0.1, 0.15) is 17.2 Å². The molecular formula is C17H20BrNO2. The molecule has 0 aromatic heterocycles. The van der Waals surface area contributed by atoms with Crippen molar-refractivity contribution in [3.8, 4) is 17.2 Å². The van der Waals surface area contributed by atoms with Gasteiger partial charge in [0.05, 0.1) is 6.61 Å². The summed E-state index contributed by atoms with van der Waals surface area (Å²) in [6.07, 6.45) is 0.998. The number of benzene rings is 2. The van der Waals surface area contributed by atoms with Crippen molar-refractivity contribution in [2.24, 2.45) is 5.73 Å². The normalized spacial score (nSPS) is 12.0. The predicted octanol–water partition coefficient (Wildman–Crippen LogP) is 5.05. The van der Waals surface area contributed by atoms with Crippen LogP contribution in [0.15, 0.2) is 46.9 Å². The zero-order valence-electron chi connectivity index (χ0n) is 12.3. The maximum absolute atomic E-state index is 5.89. The highest BCUT2D eigenvalue weighted by atomic mass is 79.9. The topological polar surface area (TPSA) is 44.5 Å². The first kappa shape index (κ1) is 15.9. The van der Waals surface area contributed by atoms with Crippen molar-refractivity contribution in [3.05, 3.63) is 52.5 Å². The van der Waals surface area contributed by atoms with Crippen LogP contribution in [0, 0.1) is 0 Å². The van der Waals surface area contributed by atoms with Crippen molar-refractivity contribution in [2.45, 2.75) is 26.3 Å². The molecule has 0 saturated carbocycles. The average Bonchev–Trinajstić information content (AvgIpc) is 2.46. The third kappa shape index (κ3) is 4.48. The molecule has 2 rings (SSSR count). The number of nitrogens with two attached hydrogens (primary N) is 1. The summed E-state index contributed by atoms with van der Waals surface area (Å²) in [5.74, 6) is 2.41. The summed E-state index contributed by atoms with van der Waals surface area (Å²) in [7, 11) is 0. The van der Waals surface area contributed by atoms with Crippen LogP contribution in [0.25, 0.3) is 0 Å². The number of halogens is 1. The molecule has 2 N–H and O–H groups in total. The summed E-state index contributed by atoms with van der Waals surface area (Å²) in [4.78, 5) is 0. The zero-order valence-corrected chi connectivity index (χ0v) is 13.9. The summed E-state index contributed by atoms with van der Waals surface area (Å²) in [6.45, 7) is 4.77. The first-order valence-corrected chi connectivity index (χ1v) is 7.85. The molecule has 0 aliphatic carbocycles. The Morgan fingerprint density at radius 1 is 1.05 bits per heavy atom. The fourth-order valence-electron chi connectivity index (χ4n) is 1.90. The minimum absolute atomic E-state index is 0.0107. The lowest BCUT2D eigenvalue weighted by Crippen LogP contribution is -2.05. The molecule has 112 valence electrons. The summed E-state index contributed by atoms with van der Waals surface area (Å²) in [5.41, 5.74) is 6.95. The number of rotatable bonds is 6. The summed E-state index contributed by atoms with van der Waals surface area (Å²) in [5, 5.41) is 0. The van der Waals surface area contributed by atoms with Crippen LogP contribution in [-0.2, 0) is 0 Å². The van der Waals surface area contributed by atoms with Gasteiger partial charge in [-0.25, -0.2) is 0 Å². The van der Waals surface area contributed by atoms with E-state index in [9.17, 15) is 0 Å². The first-order valence-electron chi connectivity index (χ1n) is 7.06. The van der Waals surface area contributed by atoms with Crippen LogP contribution >= 0.6 is 15.9 Å². The Kier molecular flexibility index (Phi) is 5.65. The Labute approximate surface area is 134 Å². The molecule has 0 spiro atoms. The Bertz CT molecular complexity index is 582. The van der Waals surface area contributed by atoms with Gasteiger partial charge in [0.25, 0.3) is 0 Å². The molecule has 0 fully saturated rings. The van der Waals surface area contributed by atoms with Crippen molar-refractivity contribution in [2.75, 3.05) is 6.61 Å². The predicted molar refractivity (Wildman–Crippen MR) is 89.0 cm³/mol. The maximum atomic E-state index is 5.89. The highest BCUT2D eigenvalue weighted by Crippen LogP contribution is 2.30. The molecule has 2 aromatic rings. The lowest BCUT2D eigenvalue weighted by molar-refractivity contribution is 0.317. The van der Waals surface area contributed by atoms with Crippen LogP contribution in [-0.4, -0.2) is 6.61 Å². The molecule has 0 bridgehead atoms. The molecule has 3 nitrogen and oxygen atoms in total. The quantitative estimate of drug-likeness (QED) is 0.793. The van der Waals surface area contributed by atoms with Crippen LogP contribution < -0.4 is 15.2 Å². The summed E-state index contributed by atoms with van der Waals surface area (Å²) >= 11 is 3.52. The first-order chi connectivity index (χ1) is 10.1. The smallest absolute Gasteiger partial charge is 0.128 e. The Hall–Kier alpha value is -1.52.